The lowest BCUT2D eigenvalue weighted by Gasteiger charge is -2.26. The van der Waals surface area contributed by atoms with Crippen molar-refractivity contribution < 1.29 is 4.79 Å². The summed E-state index contributed by atoms with van der Waals surface area (Å²) in [4.78, 5) is 13.0. The van der Waals surface area contributed by atoms with Crippen molar-refractivity contribution in [1.82, 2.24) is 20.2 Å². The fourth-order valence-corrected chi connectivity index (χ4v) is 3.57. The van der Waals surface area contributed by atoms with Gasteiger partial charge in [0.2, 0.25) is 0 Å². The zero-order chi connectivity index (χ0) is 19.3. The van der Waals surface area contributed by atoms with E-state index in [1.807, 2.05) is 46.2 Å². The number of nitrogens with zero attached hydrogens (tertiary/aromatic N) is 3. The number of piperidine rings is 1. The number of amides is 1. The molecule has 1 N–H and O–H groups in total. The largest absolute Gasteiger partial charge is 0.285 e. The number of hydrogen-bond acceptors (Lipinski definition) is 3. The molecule has 1 saturated heterocycles. The smallest absolute Gasteiger partial charge is 0.269 e. The van der Waals surface area contributed by atoms with Crippen molar-refractivity contribution in [3.05, 3.63) is 77.5 Å². The molecule has 0 bridgehead atoms. The van der Waals surface area contributed by atoms with E-state index in [-0.39, 0.29) is 5.91 Å². The van der Waals surface area contributed by atoms with E-state index < -0.39 is 0 Å². The molecule has 5 heteroatoms. The van der Waals surface area contributed by atoms with E-state index in [0.717, 1.165) is 42.8 Å². The van der Waals surface area contributed by atoms with Gasteiger partial charge in [-0.3, -0.25) is 14.9 Å². The molecule has 0 spiro atoms. The van der Waals surface area contributed by atoms with Gasteiger partial charge in [0.1, 0.15) is 5.69 Å². The second-order valence-corrected chi connectivity index (χ2v) is 7.43. The van der Waals surface area contributed by atoms with E-state index in [1.165, 1.54) is 12.0 Å². The third-order valence-corrected chi connectivity index (χ3v) is 5.13. The van der Waals surface area contributed by atoms with Gasteiger partial charge in [-0.1, -0.05) is 66.6 Å². The van der Waals surface area contributed by atoms with Gasteiger partial charge in [0.15, 0.2) is 0 Å². The first-order chi connectivity index (χ1) is 13.7. The summed E-state index contributed by atoms with van der Waals surface area (Å²) < 4.78 is 1.86. The lowest BCUT2D eigenvalue weighted by atomic mass is 10.1. The lowest BCUT2D eigenvalue weighted by Crippen LogP contribution is -2.45. The number of carbonyl (C=O) groups is 1. The van der Waals surface area contributed by atoms with Gasteiger partial charge in [0.25, 0.3) is 5.91 Å². The molecule has 0 radical (unpaired) electrons. The van der Waals surface area contributed by atoms with Crippen LogP contribution in [0.2, 0.25) is 0 Å². The predicted molar refractivity (Wildman–Crippen MR) is 111 cm³/mol. The predicted octanol–water partition coefficient (Wildman–Crippen LogP) is 4.04. The number of aryl methyl sites for hydroxylation is 1. The molecule has 5 nitrogen and oxygen atoms in total. The molecular weight excluding hydrogens is 348 g/mol. The minimum atomic E-state index is -0.0863. The van der Waals surface area contributed by atoms with Crippen molar-refractivity contribution >= 4 is 5.91 Å². The first-order valence-electron chi connectivity index (χ1n) is 9.93. The molecular formula is C23H26N4O. The van der Waals surface area contributed by atoms with Crippen molar-refractivity contribution in [2.24, 2.45) is 0 Å². The van der Waals surface area contributed by atoms with E-state index in [1.54, 1.807) is 0 Å². The average molecular weight is 374 g/mol. The van der Waals surface area contributed by atoms with Crippen LogP contribution in [0.15, 0.2) is 60.8 Å². The van der Waals surface area contributed by atoms with Crippen LogP contribution in [-0.2, 0) is 6.54 Å². The van der Waals surface area contributed by atoms with Crippen LogP contribution in [0.5, 0.6) is 0 Å². The van der Waals surface area contributed by atoms with Gasteiger partial charge in [0.05, 0.1) is 12.1 Å². The highest BCUT2D eigenvalue weighted by molar-refractivity contribution is 5.99. The van der Waals surface area contributed by atoms with Crippen LogP contribution < -0.4 is 5.43 Å². The van der Waals surface area contributed by atoms with Crippen LogP contribution in [0.25, 0.3) is 11.3 Å². The highest BCUT2D eigenvalue weighted by atomic mass is 16.2. The molecule has 1 aromatic heterocycles. The molecule has 0 atom stereocenters. The third kappa shape index (κ3) is 4.31. The average Bonchev–Trinajstić information content (AvgIpc) is 3.14. The highest BCUT2D eigenvalue weighted by Gasteiger charge is 2.21. The topological polar surface area (TPSA) is 50.2 Å². The number of aromatic nitrogens is 2. The molecule has 1 amide bonds. The molecule has 1 fully saturated rings. The summed E-state index contributed by atoms with van der Waals surface area (Å²) in [7, 11) is 0. The van der Waals surface area contributed by atoms with Crippen molar-refractivity contribution in [2.75, 3.05) is 13.1 Å². The fourth-order valence-electron chi connectivity index (χ4n) is 3.57. The van der Waals surface area contributed by atoms with E-state index in [4.69, 9.17) is 5.10 Å². The Morgan fingerprint density at radius 3 is 2.43 bits per heavy atom. The zero-order valence-electron chi connectivity index (χ0n) is 16.3. The molecule has 2 aromatic carbocycles. The Bertz CT molecular complexity index is 925. The SMILES string of the molecule is Cc1ccc(-c2nn(Cc3ccccc3)cc2C(=O)NN2CCCCC2)cc1. The highest BCUT2D eigenvalue weighted by Crippen LogP contribution is 2.23. The van der Waals surface area contributed by atoms with Crippen LogP contribution >= 0.6 is 0 Å². The lowest BCUT2D eigenvalue weighted by molar-refractivity contribution is 0.0750. The maximum Gasteiger partial charge on any atom is 0.269 e. The van der Waals surface area contributed by atoms with Crippen molar-refractivity contribution in [3.63, 3.8) is 0 Å². The summed E-state index contributed by atoms with van der Waals surface area (Å²) in [5.74, 6) is -0.0863. The zero-order valence-corrected chi connectivity index (χ0v) is 16.3. The Balaban J connectivity index is 1.63. The van der Waals surface area contributed by atoms with Crippen LogP contribution in [0.1, 0.15) is 40.7 Å². The van der Waals surface area contributed by atoms with Crippen LogP contribution in [0.4, 0.5) is 0 Å². The summed E-state index contributed by atoms with van der Waals surface area (Å²) in [6.07, 6.45) is 5.34. The van der Waals surface area contributed by atoms with Crippen molar-refractivity contribution in [2.45, 2.75) is 32.7 Å². The van der Waals surface area contributed by atoms with Gasteiger partial charge in [-0.2, -0.15) is 5.10 Å². The Labute approximate surface area is 166 Å². The first kappa shape index (κ1) is 18.4. The number of hydrazine groups is 1. The monoisotopic (exact) mass is 374 g/mol. The first-order valence-corrected chi connectivity index (χ1v) is 9.93. The summed E-state index contributed by atoms with van der Waals surface area (Å²) in [6.45, 7) is 4.51. The van der Waals surface area contributed by atoms with Crippen LogP contribution in [-0.4, -0.2) is 33.8 Å². The molecule has 28 heavy (non-hydrogen) atoms. The van der Waals surface area contributed by atoms with Crippen LogP contribution in [0, 0.1) is 6.92 Å². The van der Waals surface area contributed by atoms with Crippen LogP contribution in [0.3, 0.4) is 0 Å². The van der Waals surface area contributed by atoms with Gasteiger partial charge in [-0.05, 0) is 25.3 Å². The molecule has 0 saturated carbocycles. The van der Waals surface area contributed by atoms with E-state index >= 15 is 0 Å². The van der Waals surface area contributed by atoms with E-state index in [9.17, 15) is 4.79 Å². The molecule has 3 aromatic rings. The molecule has 1 aliphatic heterocycles. The Hall–Kier alpha value is -2.92. The van der Waals surface area contributed by atoms with Gasteiger partial charge in [-0.15, -0.1) is 0 Å². The third-order valence-electron chi connectivity index (χ3n) is 5.13. The van der Waals surface area contributed by atoms with E-state index in [2.05, 4.69) is 36.6 Å². The summed E-state index contributed by atoms with van der Waals surface area (Å²) in [5.41, 5.74) is 7.72. The molecule has 1 aliphatic rings. The molecule has 4 rings (SSSR count). The second kappa shape index (κ2) is 8.40. The van der Waals surface area contributed by atoms with E-state index in [0.29, 0.717) is 12.1 Å². The van der Waals surface area contributed by atoms with Crippen molar-refractivity contribution in [1.29, 1.82) is 0 Å². The number of benzene rings is 2. The van der Waals surface area contributed by atoms with Gasteiger partial charge < -0.3 is 0 Å². The van der Waals surface area contributed by atoms with Gasteiger partial charge in [0, 0.05) is 24.8 Å². The summed E-state index contributed by atoms with van der Waals surface area (Å²) in [6, 6.07) is 18.3. The standard InChI is InChI=1S/C23H26N4O/c1-18-10-12-20(13-11-18)22-21(23(28)25-26-14-6-3-7-15-26)17-27(24-22)16-19-8-4-2-5-9-19/h2,4-5,8-13,17H,3,6-7,14-16H2,1H3,(H,25,28). The van der Waals surface area contributed by atoms with Gasteiger partial charge in [-0.25, -0.2) is 5.01 Å². The maximum atomic E-state index is 13.0. The number of nitrogens with one attached hydrogen (secondary N) is 1. The number of hydrogen-bond donors (Lipinski definition) is 1. The minimum absolute atomic E-state index is 0.0863. The number of rotatable bonds is 5. The maximum absolute atomic E-state index is 13.0. The Morgan fingerprint density at radius 2 is 1.71 bits per heavy atom. The minimum Gasteiger partial charge on any atom is -0.285 e. The molecule has 2 heterocycles. The quantitative estimate of drug-likeness (QED) is 0.733. The van der Waals surface area contributed by atoms with Gasteiger partial charge >= 0.3 is 0 Å². The summed E-state index contributed by atoms with van der Waals surface area (Å²) >= 11 is 0. The molecule has 0 aliphatic carbocycles. The summed E-state index contributed by atoms with van der Waals surface area (Å²) in [5, 5.41) is 6.78. The normalized spacial score (nSPS) is 14.8. The number of carbonyl (C=O) groups excluding carboxylic acids is 1. The second-order valence-electron chi connectivity index (χ2n) is 7.43. The Morgan fingerprint density at radius 1 is 1.00 bits per heavy atom. The fraction of sp³-hybridized carbons (Fsp3) is 0.304. The molecule has 144 valence electrons. The molecule has 0 unspecified atom stereocenters. The Kier molecular flexibility index (Phi) is 5.53. The van der Waals surface area contributed by atoms with Crippen molar-refractivity contribution in [3.8, 4) is 11.3 Å².